The minimum atomic E-state index is -0.204. The van der Waals surface area contributed by atoms with Gasteiger partial charge < -0.3 is 10.1 Å². The molecule has 1 unspecified atom stereocenters. The molecular weight excluding hydrogens is 206 g/mol. The van der Waals surface area contributed by atoms with Gasteiger partial charge in [-0.1, -0.05) is 0 Å². The molecular formula is C11H13N3O2. The summed E-state index contributed by atoms with van der Waals surface area (Å²) >= 11 is 0. The number of nitriles is 1. The first-order chi connectivity index (χ1) is 7.72. The van der Waals surface area contributed by atoms with Gasteiger partial charge in [-0.05, 0) is 13.8 Å². The maximum absolute atomic E-state index is 10.3. The van der Waals surface area contributed by atoms with Crippen LogP contribution in [0, 0.1) is 11.3 Å². The third-order valence-electron chi connectivity index (χ3n) is 2.07. The first kappa shape index (κ1) is 12.0. The quantitative estimate of drug-likeness (QED) is 0.754. The zero-order chi connectivity index (χ0) is 12.0. The molecule has 0 spiro atoms. The van der Waals surface area contributed by atoms with E-state index < -0.39 is 0 Å². The summed E-state index contributed by atoms with van der Waals surface area (Å²) in [4.78, 5) is 14.4. The van der Waals surface area contributed by atoms with E-state index in [0.717, 1.165) is 0 Å². The van der Waals surface area contributed by atoms with E-state index in [2.05, 4.69) is 10.3 Å². The van der Waals surface area contributed by atoms with Gasteiger partial charge in [0.15, 0.2) is 0 Å². The Hall–Kier alpha value is -2.09. The molecule has 84 valence electrons. The topological polar surface area (TPSA) is 75.0 Å². The van der Waals surface area contributed by atoms with Crippen molar-refractivity contribution in [1.29, 1.82) is 5.26 Å². The number of nitrogens with zero attached hydrogens (tertiary/aromatic N) is 2. The summed E-state index contributed by atoms with van der Waals surface area (Å²) in [6, 6.07) is 3.47. The molecule has 1 aromatic rings. The number of pyridine rings is 1. The van der Waals surface area contributed by atoms with E-state index >= 15 is 0 Å². The van der Waals surface area contributed by atoms with Crippen LogP contribution in [-0.2, 0) is 4.79 Å². The fourth-order valence-electron chi connectivity index (χ4n) is 1.24. The molecule has 1 amide bonds. The SMILES string of the molecule is CCOc1cc(C(C)NC=O)ncc1C#N. The van der Waals surface area contributed by atoms with Crippen LogP contribution in [0.4, 0.5) is 0 Å². The van der Waals surface area contributed by atoms with Gasteiger partial charge in [0.25, 0.3) is 0 Å². The molecule has 1 rings (SSSR count). The number of ether oxygens (including phenoxy) is 1. The van der Waals surface area contributed by atoms with Crippen LogP contribution in [0.25, 0.3) is 0 Å². The molecule has 0 aliphatic heterocycles. The van der Waals surface area contributed by atoms with E-state index in [1.54, 1.807) is 13.0 Å². The third kappa shape index (κ3) is 2.70. The van der Waals surface area contributed by atoms with Crippen LogP contribution in [0.2, 0.25) is 0 Å². The summed E-state index contributed by atoms with van der Waals surface area (Å²) in [6.45, 7) is 4.13. The van der Waals surface area contributed by atoms with Crippen LogP contribution >= 0.6 is 0 Å². The van der Waals surface area contributed by atoms with E-state index in [1.165, 1.54) is 6.20 Å². The van der Waals surface area contributed by atoms with Gasteiger partial charge in [-0.2, -0.15) is 5.26 Å². The van der Waals surface area contributed by atoms with E-state index in [0.29, 0.717) is 30.0 Å². The van der Waals surface area contributed by atoms with Crippen LogP contribution in [0.1, 0.15) is 31.1 Å². The molecule has 5 nitrogen and oxygen atoms in total. The average Bonchev–Trinajstić information content (AvgIpc) is 2.29. The normalized spacial score (nSPS) is 11.3. The number of carbonyl (C=O) groups excluding carboxylic acids is 1. The van der Waals surface area contributed by atoms with Crippen molar-refractivity contribution >= 4 is 6.41 Å². The molecule has 16 heavy (non-hydrogen) atoms. The van der Waals surface area contributed by atoms with Crippen molar-refractivity contribution in [3.8, 4) is 11.8 Å². The Morgan fingerprint density at radius 3 is 3.06 bits per heavy atom. The standard InChI is InChI=1S/C11H13N3O2/c1-3-16-11-4-10(8(2)14-7-15)13-6-9(11)5-12/h4,6-8H,3H2,1-2H3,(H,14,15). The van der Waals surface area contributed by atoms with Gasteiger partial charge in [0, 0.05) is 12.3 Å². The Morgan fingerprint density at radius 1 is 1.75 bits per heavy atom. The number of amides is 1. The first-order valence-corrected chi connectivity index (χ1v) is 4.95. The second kappa shape index (κ2) is 5.71. The van der Waals surface area contributed by atoms with E-state index in [9.17, 15) is 4.79 Å². The molecule has 5 heteroatoms. The van der Waals surface area contributed by atoms with E-state index in [4.69, 9.17) is 10.00 Å². The van der Waals surface area contributed by atoms with Crippen molar-refractivity contribution in [3.05, 3.63) is 23.5 Å². The number of rotatable bonds is 5. The number of hydrogen-bond acceptors (Lipinski definition) is 4. The molecule has 1 heterocycles. The molecule has 0 bridgehead atoms. The van der Waals surface area contributed by atoms with Gasteiger partial charge in [0.2, 0.25) is 6.41 Å². The zero-order valence-corrected chi connectivity index (χ0v) is 9.23. The Kier molecular flexibility index (Phi) is 4.28. The maximum atomic E-state index is 10.3. The van der Waals surface area contributed by atoms with E-state index in [1.807, 2.05) is 13.0 Å². The monoisotopic (exact) mass is 219 g/mol. The van der Waals surface area contributed by atoms with Crippen molar-refractivity contribution < 1.29 is 9.53 Å². The molecule has 0 saturated heterocycles. The molecule has 0 aliphatic rings. The lowest BCUT2D eigenvalue weighted by atomic mass is 10.1. The highest BCUT2D eigenvalue weighted by Gasteiger charge is 2.10. The zero-order valence-electron chi connectivity index (χ0n) is 9.23. The summed E-state index contributed by atoms with van der Waals surface area (Å²) < 4.78 is 5.32. The van der Waals surface area contributed by atoms with Gasteiger partial charge in [-0.15, -0.1) is 0 Å². The van der Waals surface area contributed by atoms with Crippen molar-refractivity contribution in [2.75, 3.05) is 6.61 Å². The van der Waals surface area contributed by atoms with Gasteiger partial charge in [-0.3, -0.25) is 9.78 Å². The van der Waals surface area contributed by atoms with Gasteiger partial charge >= 0.3 is 0 Å². The highest BCUT2D eigenvalue weighted by molar-refractivity contribution is 5.48. The van der Waals surface area contributed by atoms with Gasteiger partial charge in [0.05, 0.1) is 18.3 Å². The smallest absolute Gasteiger partial charge is 0.207 e. The van der Waals surface area contributed by atoms with Crippen LogP contribution in [0.15, 0.2) is 12.3 Å². The average molecular weight is 219 g/mol. The first-order valence-electron chi connectivity index (χ1n) is 4.95. The molecule has 1 atom stereocenters. The highest BCUT2D eigenvalue weighted by atomic mass is 16.5. The van der Waals surface area contributed by atoms with Crippen molar-refractivity contribution in [1.82, 2.24) is 10.3 Å². The predicted molar refractivity (Wildman–Crippen MR) is 57.7 cm³/mol. The number of nitrogens with one attached hydrogen (secondary N) is 1. The van der Waals surface area contributed by atoms with Crippen molar-refractivity contribution in [2.24, 2.45) is 0 Å². The molecule has 0 fully saturated rings. The minimum absolute atomic E-state index is 0.204. The number of carbonyl (C=O) groups is 1. The second-order valence-electron chi connectivity index (χ2n) is 3.16. The highest BCUT2D eigenvalue weighted by Crippen LogP contribution is 2.21. The molecule has 1 N–H and O–H groups in total. The Bertz CT molecular complexity index is 412. The molecule has 0 saturated carbocycles. The van der Waals surface area contributed by atoms with Crippen molar-refractivity contribution in [3.63, 3.8) is 0 Å². The summed E-state index contributed by atoms with van der Waals surface area (Å²) in [5.41, 5.74) is 1.05. The summed E-state index contributed by atoms with van der Waals surface area (Å²) in [7, 11) is 0. The lowest BCUT2D eigenvalue weighted by Gasteiger charge is -2.12. The Balaban J connectivity index is 3.02. The van der Waals surface area contributed by atoms with Crippen LogP contribution < -0.4 is 10.1 Å². The lowest BCUT2D eigenvalue weighted by molar-refractivity contribution is -0.110. The molecule has 1 aromatic heterocycles. The van der Waals surface area contributed by atoms with E-state index in [-0.39, 0.29) is 6.04 Å². The Morgan fingerprint density at radius 2 is 2.50 bits per heavy atom. The van der Waals surface area contributed by atoms with Crippen molar-refractivity contribution in [2.45, 2.75) is 19.9 Å². The van der Waals surface area contributed by atoms with Gasteiger partial charge in [-0.25, -0.2) is 0 Å². The summed E-state index contributed by atoms with van der Waals surface area (Å²) in [5.74, 6) is 0.495. The molecule has 0 aromatic carbocycles. The van der Waals surface area contributed by atoms with Crippen LogP contribution in [0.3, 0.4) is 0 Å². The van der Waals surface area contributed by atoms with Crippen LogP contribution in [0.5, 0.6) is 5.75 Å². The minimum Gasteiger partial charge on any atom is -0.492 e. The second-order valence-corrected chi connectivity index (χ2v) is 3.16. The fourth-order valence-corrected chi connectivity index (χ4v) is 1.24. The van der Waals surface area contributed by atoms with Gasteiger partial charge in [0.1, 0.15) is 17.4 Å². The van der Waals surface area contributed by atoms with Crippen LogP contribution in [-0.4, -0.2) is 18.0 Å². The molecule has 0 aliphatic carbocycles. The summed E-state index contributed by atoms with van der Waals surface area (Å²) in [5, 5.41) is 11.4. The molecule has 0 radical (unpaired) electrons. The number of aromatic nitrogens is 1. The summed E-state index contributed by atoms with van der Waals surface area (Å²) in [6.07, 6.45) is 2.06. The largest absolute Gasteiger partial charge is 0.492 e. The third-order valence-corrected chi connectivity index (χ3v) is 2.07. The maximum Gasteiger partial charge on any atom is 0.207 e. The fraction of sp³-hybridized carbons (Fsp3) is 0.364. The predicted octanol–water partition coefficient (Wildman–Crippen LogP) is 1.16. The Labute approximate surface area is 94.1 Å². The lowest BCUT2D eigenvalue weighted by Crippen LogP contribution is -2.17. The number of hydrogen-bond donors (Lipinski definition) is 1.